The molecule has 0 bridgehead atoms. The lowest BCUT2D eigenvalue weighted by molar-refractivity contribution is -0.141. The van der Waals surface area contributed by atoms with Gasteiger partial charge in [0.25, 0.3) is 0 Å². The summed E-state index contributed by atoms with van der Waals surface area (Å²) in [6.07, 6.45) is 6.24. The van der Waals surface area contributed by atoms with Gasteiger partial charge in [0, 0.05) is 6.04 Å². The summed E-state index contributed by atoms with van der Waals surface area (Å²) in [4.78, 5) is 12.0. The van der Waals surface area contributed by atoms with Crippen LogP contribution in [0.1, 0.15) is 37.7 Å². The van der Waals surface area contributed by atoms with E-state index in [1.165, 1.54) is 55.2 Å². The summed E-state index contributed by atoms with van der Waals surface area (Å²) in [5, 5.41) is 12.6. The molecule has 1 N–H and O–H groups in total. The lowest BCUT2D eigenvalue weighted by Crippen LogP contribution is -2.21. The molecule has 0 atom stereocenters. The summed E-state index contributed by atoms with van der Waals surface area (Å²) < 4.78 is 16.7. The minimum absolute atomic E-state index is 0.209. The van der Waals surface area contributed by atoms with Crippen LogP contribution in [-0.4, -0.2) is 34.8 Å². The van der Waals surface area contributed by atoms with Gasteiger partial charge in [-0.25, -0.2) is 0 Å². The summed E-state index contributed by atoms with van der Waals surface area (Å²) in [6, 6.07) is 6.01. The molecule has 0 radical (unpaired) electrons. The zero-order valence-corrected chi connectivity index (χ0v) is 16.4. The van der Waals surface area contributed by atoms with Crippen LogP contribution >= 0.6 is 23.1 Å². The normalized spacial score (nSPS) is 16.3. The monoisotopic (exact) mass is 407 g/mol. The van der Waals surface area contributed by atoms with E-state index >= 15 is 0 Å². The number of fused-ring (bicyclic) bond motifs is 1. The molecule has 0 spiro atoms. The molecule has 27 heavy (non-hydrogen) atoms. The van der Waals surface area contributed by atoms with E-state index in [1.807, 2.05) is 18.2 Å². The number of hydrogen-bond acceptors (Lipinski definition) is 9. The van der Waals surface area contributed by atoms with Gasteiger partial charge in [-0.2, -0.15) is 0 Å². The van der Waals surface area contributed by atoms with Crippen LogP contribution in [0.15, 0.2) is 22.5 Å². The van der Waals surface area contributed by atoms with Crippen LogP contribution in [0.4, 0.5) is 5.13 Å². The van der Waals surface area contributed by atoms with E-state index in [9.17, 15) is 4.79 Å². The molecule has 0 unspecified atom stereocenters. The fourth-order valence-electron chi connectivity index (χ4n) is 3.10. The first-order valence-corrected chi connectivity index (χ1v) is 10.8. The largest absolute Gasteiger partial charge is 0.460 e. The first-order chi connectivity index (χ1) is 13.3. The Morgan fingerprint density at radius 3 is 2.96 bits per heavy atom. The third-order valence-corrected chi connectivity index (χ3v) is 6.45. The molecule has 2 aromatic rings. The molecule has 1 aromatic carbocycles. The summed E-state index contributed by atoms with van der Waals surface area (Å²) in [5.74, 6) is 1.33. The van der Waals surface area contributed by atoms with Crippen LogP contribution < -0.4 is 14.8 Å². The number of ether oxygens (including phenoxy) is 3. The van der Waals surface area contributed by atoms with E-state index in [1.54, 1.807) is 0 Å². The zero-order valence-electron chi connectivity index (χ0n) is 14.8. The van der Waals surface area contributed by atoms with Crippen molar-refractivity contribution >= 4 is 34.2 Å². The third-order valence-electron chi connectivity index (χ3n) is 4.49. The second kappa shape index (κ2) is 8.79. The Kier molecular flexibility index (Phi) is 5.98. The molecule has 2 heterocycles. The van der Waals surface area contributed by atoms with Gasteiger partial charge >= 0.3 is 5.97 Å². The van der Waals surface area contributed by atoms with Crippen molar-refractivity contribution in [3.63, 3.8) is 0 Å². The molecule has 1 fully saturated rings. The first kappa shape index (κ1) is 18.4. The van der Waals surface area contributed by atoms with E-state index in [0.29, 0.717) is 11.8 Å². The van der Waals surface area contributed by atoms with Crippen molar-refractivity contribution in [2.24, 2.45) is 0 Å². The molecule has 9 heteroatoms. The van der Waals surface area contributed by atoms with E-state index < -0.39 is 0 Å². The van der Waals surface area contributed by atoms with E-state index in [-0.39, 0.29) is 25.1 Å². The number of rotatable bonds is 7. The fraction of sp³-hybridized carbons (Fsp3) is 0.500. The molecule has 144 valence electrons. The maximum atomic E-state index is 12.0. The van der Waals surface area contributed by atoms with Crippen LogP contribution in [-0.2, 0) is 16.1 Å². The number of nitrogens with one attached hydrogen (secondary N) is 1. The standard InChI is InChI=1S/C18H21N3O4S2/c22-16(23-9-12-6-7-14-15(8-12)25-11-24-14)10-26-18-21-20-17(27-18)19-13-4-2-1-3-5-13/h6-8,13H,1-5,9-11H2,(H,19,20). The average molecular weight is 408 g/mol. The number of carbonyl (C=O) groups excluding carboxylic acids is 1. The van der Waals surface area contributed by atoms with Crippen molar-refractivity contribution in [3.8, 4) is 11.5 Å². The lowest BCUT2D eigenvalue weighted by Gasteiger charge is -2.21. The van der Waals surface area contributed by atoms with Gasteiger partial charge in [-0.15, -0.1) is 10.2 Å². The predicted octanol–water partition coefficient (Wildman–Crippen LogP) is 3.85. The number of carbonyl (C=O) groups is 1. The van der Waals surface area contributed by atoms with Crippen molar-refractivity contribution in [1.82, 2.24) is 10.2 Å². The Bertz CT molecular complexity index is 793. The number of anilines is 1. The molecular formula is C18H21N3O4S2. The van der Waals surface area contributed by atoms with Crippen LogP contribution in [0, 0.1) is 0 Å². The van der Waals surface area contributed by atoms with Crippen LogP contribution in [0.5, 0.6) is 11.5 Å². The molecule has 4 rings (SSSR count). The highest BCUT2D eigenvalue weighted by atomic mass is 32.2. The summed E-state index contributed by atoms with van der Waals surface area (Å²) in [7, 11) is 0. The van der Waals surface area contributed by atoms with Crippen molar-refractivity contribution in [1.29, 1.82) is 0 Å². The van der Waals surface area contributed by atoms with Crippen molar-refractivity contribution in [2.45, 2.75) is 49.1 Å². The van der Waals surface area contributed by atoms with Crippen LogP contribution in [0.3, 0.4) is 0 Å². The van der Waals surface area contributed by atoms with E-state index in [2.05, 4.69) is 15.5 Å². The van der Waals surface area contributed by atoms with E-state index in [0.717, 1.165) is 20.8 Å². The van der Waals surface area contributed by atoms with Gasteiger partial charge in [-0.05, 0) is 30.5 Å². The van der Waals surface area contributed by atoms with E-state index in [4.69, 9.17) is 14.2 Å². The molecule has 7 nitrogen and oxygen atoms in total. The Labute approximate surface area is 165 Å². The number of hydrogen-bond donors (Lipinski definition) is 1. The summed E-state index contributed by atoms with van der Waals surface area (Å²) in [5.41, 5.74) is 0.868. The second-order valence-corrected chi connectivity index (χ2v) is 8.69. The SMILES string of the molecule is O=C(CSc1nnc(NC2CCCCC2)s1)OCc1ccc2c(c1)OCO2. The molecule has 1 aliphatic heterocycles. The molecule has 1 aliphatic carbocycles. The number of esters is 1. The predicted molar refractivity (Wildman–Crippen MR) is 103 cm³/mol. The molecule has 0 saturated heterocycles. The first-order valence-electron chi connectivity index (χ1n) is 9.03. The smallest absolute Gasteiger partial charge is 0.316 e. The quantitative estimate of drug-likeness (QED) is 0.547. The van der Waals surface area contributed by atoms with Gasteiger partial charge in [0.15, 0.2) is 15.8 Å². The number of thioether (sulfide) groups is 1. The van der Waals surface area contributed by atoms with Gasteiger partial charge in [0.1, 0.15) is 6.61 Å². The fourth-order valence-corrected chi connectivity index (χ4v) is 4.73. The Balaban J connectivity index is 1.20. The summed E-state index contributed by atoms with van der Waals surface area (Å²) >= 11 is 2.84. The Morgan fingerprint density at radius 2 is 2.07 bits per heavy atom. The number of aromatic nitrogens is 2. The molecular weight excluding hydrogens is 386 g/mol. The molecule has 1 saturated carbocycles. The Morgan fingerprint density at radius 1 is 1.22 bits per heavy atom. The van der Waals surface area contributed by atoms with Crippen molar-refractivity contribution < 1.29 is 19.0 Å². The van der Waals surface area contributed by atoms with Gasteiger partial charge in [0.05, 0.1) is 5.75 Å². The highest BCUT2D eigenvalue weighted by Gasteiger charge is 2.16. The van der Waals surface area contributed by atoms with Gasteiger partial charge in [-0.1, -0.05) is 48.4 Å². The zero-order chi connectivity index (χ0) is 18.5. The minimum atomic E-state index is -0.283. The third kappa shape index (κ3) is 5.04. The summed E-state index contributed by atoms with van der Waals surface area (Å²) in [6.45, 7) is 0.440. The maximum absolute atomic E-state index is 12.0. The average Bonchev–Trinajstić information content (AvgIpc) is 3.34. The highest BCUT2D eigenvalue weighted by molar-refractivity contribution is 8.01. The topological polar surface area (TPSA) is 82.6 Å². The molecule has 2 aliphatic rings. The molecule has 0 amide bonds. The highest BCUT2D eigenvalue weighted by Crippen LogP contribution is 2.33. The van der Waals surface area contributed by atoms with Gasteiger partial charge in [-0.3, -0.25) is 4.79 Å². The number of nitrogens with zero attached hydrogens (tertiary/aromatic N) is 2. The van der Waals surface area contributed by atoms with Crippen LogP contribution in [0.2, 0.25) is 0 Å². The van der Waals surface area contributed by atoms with Gasteiger partial charge in [0.2, 0.25) is 11.9 Å². The lowest BCUT2D eigenvalue weighted by atomic mass is 9.96. The van der Waals surface area contributed by atoms with Crippen molar-refractivity contribution in [2.75, 3.05) is 17.9 Å². The minimum Gasteiger partial charge on any atom is -0.460 e. The second-order valence-electron chi connectivity index (χ2n) is 6.49. The molecule has 1 aromatic heterocycles. The number of benzene rings is 1. The van der Waals surface area contributed by atoms with Crippen LogP contribution in [0.25, 0.3) is 0 Å². The van der Waals surface area contributed by atoms with Crippen molar-refractivity contribution in [3.05, 3.63) is 23.8 Å². The maximum Gasteiger partial charge on any atom is 0.316 e. The Hall–Kier alpha value is -2.00. The van der Waals surface area contributed by atoms with Gasteiger partial charge < -0.3 is 19.5 Å².